The standard InChI is InChI=1S/C18H20N2O/c1-12-5-8-18(21-4)16(9-12)14(3)20-17-10-15(11-19)7-6-13(17)2/h5-10,14,20H,1-4H3. The van der Waals surface area contributed by atoms with Crippen LogP contribution in [0.25, 0.3) is 0 Å². The molecule has 0 bridgehead atoms. The first-order chi connectivity index (χ1) is 10.0. The van der Waals surface area contributed by atoms with E-state index in [-0.39, 0.29) is 6.04 Å². The van der Waals surface area contributed by atoms with E-state index < -0.39 is 0 Å². The number of hydrogen-bond donors (Lipinski definition) is 1. The molecule has 2 aromatic carbocycles. The van der Waals surface area contributed by atoms with Crippen LogP contribution in [0, 0.1) is 25.2 Å². The molecule has 3 nitrogen and oxygen atoms in total. The summed E-state index contributed by atoms with van der Waals surface area (Å²) in [4.78, 5) is 0. The number of ether oxygens (including phenoxy) is 1. The monoisotopic (exact) mass is 280 g/mol. The van der Waals surface area contributed by atoms with Crippen LogP contribution >= 0.6 is 0 Å². The fourth-order valence-electron chi connectivity index (χ4n) is 2.35. The molecule has 1 unspecified atom stereocenters. The Kier molecular flexibility index (Phi) is 4.49. The van der Waals surface area contributed by atoms with Crippen LogP contribution in [0.2, 0.25) is 0 Å². The van der Waals surface area contributed by atoms with Gasteiger partial charge in [-0.15, -0.1) is 0 Å². The van der Waals surface area contributed by atoms with Crippen LogP contribution in [-0.4, -0.2) is 7.11 Å². The summed E-state index contributed by atoms with van der Waals surface area (Å²) in [6.45, 7) is 6.19. The van der Waals surface area contributed by atoms with Gasteiger partial charge in [-0.3, -0.25) is 0 Å². The summed E-state index contributed by atoms with van der Waals surface area (Å²) in [5.74, 6) is 0.870. The summed E-state index contributed by atoms with van der Waals surface area (Å²) in [7, 11) is 1.68. The number of nitrogens with one attached hydrogen (secondary N) is 1. The zero-order chi connectivity index (χ0) is 15.4. The number of aryl methyl sites for hydroxylation is 2. The molecule has 0 amide bonds. The summed E-state index contributed by atoms with van der Waals surface area (Å²) in [5.41, 5.74) is 5.06. The van der Waals surface area contributed by atoms with Crippen molar-refractivity contribution in [3.63, 3.8) is 0 Å². The molecular weight excluding hydrogens is 260 g/mol. The first-order valence-corrected chi connectivity index (χ1v) is 6.97. The topological polar surface area (TPSA) is 45.0 Å². The zero-order valence-electron chi connectivity index (χ0n) is 12.9. The third kappa shape index (κ3) is 3.35. The molecule has 0 fully saturated rings. The number of rotatable bonds is 4. The lowest BCUT2D eigenvalue weighted by atomic mass is 10.0. The average molecular weight is 280 g/mol. The van der Waals surface area contributed by atoms with Gasteiger partial charge in [0.05, 0.1) is 24.8 Å². The normalized spacial score (nSPS) is 11.6. The second kappa shape index (κ2) is 6.32. The van der Waals surface area contributed by atoms with E-state index >= 15 is 0 Å². The molecule has 108 valence electrons. The summed E-state index contributed by atoms with van der Waals surface area (Å²) >= 11 is 0. The van der Waals surface area contributed by atoms with E-state index in [9.17, 15) is 0 Å². The maximum Gasteiger partial charge on any atom is 0.124 e. The molecule has 2 rings (SSSR count). The first kappa shape index (κ1) is 14.9. The highest BCUT2D eigenvalue weighted by molar-refractivity contribution is 5.57. The lowest BCUT2D eigenvalue weighted by molar-refractivity contribution is 0.408. The smallest absolute Gasteiger partial charge is 0.124 e. The van der Waals surface area contributed by atoms with Crippen molar-refractivity contribution >= 4 is 5.69 Å². The first-order valence-electron chi connectivity index (χ1n) is 6.97. The second-order valence-electron chi connectivity index (χ2n) is 5.25. The van der Waals surface area contributed by atoms with E-state index in [0.29, 0.717) is 5.56 Å². The molecule has 0 aromatic heterocycles. The molecule has 0 spiro atoms. The fourth-order valence-corrected chi connectivity index (χ4v) is 2.35. The van der Waals surface area contributed by atoms with Gasteiger partial charge in [-0.2, -0.15) is 5.26 Å². The molecule has 0 heterocycles. The van der Waals surface area contributed by atoms with Gasteiger partial charge < -0.3 is 10.1 Å². The van der Waals surface area contributed by atoms with E-state index in [2.05, 4.69) is 31.3 Å². The van der Waals surface area contributed by atoms with Crippen molar-refractivity contribution in [3.05, 3.63) is 58.7 Å². The van der Waals surface area contributed by atoms with E-state index in [1.165, 1.54) is 5.56 Å². The lowest BCUT2D eigenvalue weighted by Gasteiger charge is -2.20. The van der Waals surface area contributed by atoms with Gasteiger partial charge in [-0.25, -0.2) is 0 Å². The van der Waals surface area contributed by atoms with Crippen molar-refractivity contribution in [1.29, 1.82) is 5.26 Å². The van der Waals surface area contributed by atoms with Crippen LogP contribution in [0.4, 0.5) is 5.69 Å². The van der Waals surface area contributed by atoms with E-state index in [1.54, 1.807) is 7.11 Å². The van der Waals surface area contributed by atoms with Gasteiger partial charge in [0.15, 0.2) is 0 Å². The SMILES string of the molecule is COc1ccc(C)cc1C(C)Nc1cc(C#N)ccc1C. The molecule has 0 saturated heterocycles. The van der Waals surface area contributed by atoms with Gasteiger partial charge >= 0.3 is 0 Å². The Bertz CT molecular complexity index is 686. The summed E-state index contributed by atoms with van der Waals surface area (Å²) in [5, 5.41) is 12.5. The Morgan fingerprint density at radius 3 is 2.57 bits per heavy atom. The molecule has 1 N–H and O–H groups in total. The van der Waals surface area contributed by atoms with Crippen molar-refractivity contribution in [2.45, 2.75) is 26.8 Å². The van der Waals surface area contributed by atoms with Crippen molar-refractivity contribution in [2.24, 2.45) is 0 Å². The number of benzene rings is 2. The quantitative estimate of drug-likeness (QED) is 0.905. The number of hydrogen-bond acceptors (Lipinski definition) is 3. The van der Waals surface area contributed by atoms with Crippen LogP contribution in [0.15, 0.2) is 36.4 Å². The van der Waals surface area contributed by atoms with Crippen LogP contribution in [0.5, 0.6) is 5.75 Å². The molecule has 0 saturated carbocycles. The van der Waals surface area contributed by atoms with Crippen LogP contribution < -0.4 is 10.1 Å². The minimum atomic E-state index is 0.0903. The van der Waals surface area contributed by atoms with Crippen molar-refractivity contribution in [2.75, 3.05) is 12.4 Å². The van der Waals surface area contributed by atoms with E-state index in [0.717, 1.165) is 22.6 Å². The maximum absolute atomic E-state index is 9.02. The Morgan fingerprint density at radius 1 is 1.14 bits per heavy atom. The Hall–Kier alpha value is -2.47. The fraction of sp³-hybridized carbons (Fsp3) is 0.278. The highest BCUT2D eigenvalue weighted by Crippen LogP contribution is 2.30. The average Bonchev–Trinajstić information content (AvgIpc) is 2.49. The number of nitriles is 1. The number of methoxy groups -OCH3 is 1. The zero-order valence-corrected chi connectivity index (χ0v) is 12.9. The van der Waals surface area contributed by atoms with E-state index in [1.807, 2.05) is 37.3 Å². The predicted octanol–water partition coefficient (Wildman–Crippen LogP) is 4.36. The minimum Gasteiger partial charge on any atom is -0.496 e. The third-order valence-corrected chi connectivity index (χ3v) is 3.59. The molecule has 0 aliphatic carbocycles. The summed E-state index contributed by atoms with van der Waals surface area (Å²) < 4.78 is 5.44. The molecule has 2 aromatic rings. The molecule has 1 atom stereocenters. The maximum atomic E-state index is 9.02. The molecule has 0 aliphatic rings. The second-order valence-corrected chi connectivity index (χ2v) is 5.25. The summed E-state index contributed by atoms with van der Waals surface area (Å²) in [6.07, 6.45) is 0. The van der Waals surface area contributed by atoms with Crippen LogP contribution in [0.1, 0.15) is 35.2 Å². The van der Waals surface area contributed by atoms with Gasteiger partial charge in [-0.1, -0.05) is 23.8 Å². The van der Waals surface area contributed by atoms with Crippen molar-refractivity contribution in [3.8, 4) is 11.8 Å². The van der Waals surface area contributed by atoms with Crippen LogP contribution in [0.3, 0.4) is 0 Å². The van der Waals surface area contributed by atoms with Gasteiger partial charge in [0.25, 0.3) is 0 Å². The third-order valence-electron chi connectivity index (χ3n) is 3.59. The molecule has 0 aliphatic heterocycles. The Morgan fingerprint density at radius 2 is 1.90 bits per heavy atom. The number of nitrogens with zero attached hydrogens (tertiary/aromatic N) is 1. The van der Waals surface area contributed by atoms with Gasteiger partial charge in [0.2, 0.25) is 0 Å². The van der Waals surface area contributed by atoms with Crippen molar-refractivity contribution in [1.82, 2.24) is 0 Å². The highest BCUT2D eigenvalue weighted by Gasteiger charge is 2.13. The molecule has 3 heteroatoms. The van der Waals surface area contributed by atoms with E-state index in [4.69, 9.17) is 10.00 Å². The van der Waals surface area contributed by atoms with Crippen LogP contribution in [-0.2, 0) is 0 Å². The lowest BCUT2D eigenvalue weighted by Crippen LogP contribution is -2.09. The highest BCUT2D eigenvalue weighted by atomic mass is 16.5. The Labute approximate surface area is 126 Å². The summed E-state index contributed by atoms with van der Waals surface area (Å²) in [6, 6.07) is 14.1. The van der Waals surface area contributed by atoms with Gasteiger partial charge in [0, 0.05) is 11.3 Å². The molecule has 0 radical (unpaired) electrons. The number of anilines is 1. The Balaban J connectivity index is 2.32. The largest absolute Gasteiger partial charge is 0.496 e. The van der Waals surface area contributed by atoms with Gasteiger partial charge in [-0.05, 0) is 44.5 Å². The molecule has 21 heavy (non-hydrogen) atoms. The van der Waals surface area contributed by atoms with Crippen molar-refractivity contribution < 1.29 is 4.74 Å². The van der Waals surface area contributed by atoms with Gasteiger partial charge in [0.1, 0.15) is 5.75 Å². The molecular formula is C18H20N2O. The minimum absolute atomic E-state index is 0.0903. The predicted molar refractivity (Wildman–Crippen MR) is 85.7 cm³/mol.